The molecule has 2 rings (SSSR count). The van der Waals surface area contributed by atoms with Crippen LogP contribution in [0.4, 0.5) is 10.5 Å². The van der Waals surface area contributed by atoms with Gasteiger partial charge in [0.15, 0.2) is 0 Å². The fraction of sp³-hybridized carbons (Fsp3) is 0.429. The van der Waals surface area contributed by atoms with Crippen LogP contribution in [0, 0.1) is 13.8 Å². The van der Waals surface area contributed by atoms with Gasteiger partial charge < -0.3 is 15.3 Å². The molecule has 0 radical (unpaired) electrons. The molecule has 0 spiro atoms. The van der Waals surface area contributed by atoms with Crippen molar-refractivity contribution in [1.82, 2.24) is 4.90 Å². The summed E-state index contributed by atoms with van der Waals surface area (Å²) in [5.41, 5.74) is 2.71. The molecule has 0 unspecified atom stereocenters. The molecule has 1 aromatic carbocycles. The van der Waals surface area contributed by atoms with Crippen LogP contribution in [0.15, 0.2) is 18.2 Å². The molecule has 1 heterocycles. The van der Waals surface area contributed by atoms with Gasteiger partial charge in [0.25, 0.3) is 0 Å². The highest BCUT2D eigenvalue weighted by molar-refractivity contribution is 5.94. The van der Waals surface area contributed by atoms with E-state index in [1.165, 1.54) is 4.90 Å². The highest BCUT2D eigenvalue weighted by Gasteiger charge is 2.34. The largest absolute Gasteiger partial charge is 0.480 e. The SMILES string of the molecule is Cc1cccc(C)c1NC(=O)N1CCC[C@@H]1C(=O)O. The molecule has 1 saturated heterocycles. The summed E-state index contributed by atoms with van der Waals surface area (Å²) in [6.45, 7) is 4.33. The molecule has 1 fully saturated rings. The van der Waals surface area contributed by atoms with Gasteiger partial charge in [0.1, 0.15) is 6.04 Å². The number of anilines is 1. The van der Waals surface area contributed by atoms with Crippen LogP contribution in [0.5, 0.6) is 0 Å². The van der Waals surface area contributed by atoms with Crippen molar-refractivity contribution in [2.24, 2.45) is 0 Å². The first-order valence-electron chi connectivity index (χ1n) is 6.37. The Morgan fingerprint density at radius 3 is 2.53 bits per heavy atom. The summed E-state index contributed by atoms with van der Waals surface area (Å²) in [5.74, 6) is -0.936. The van der Waals surface area contributed by atoms with Crippen LogP contribution in [0.25, 0.3) is 0 Å². The summed E-state index contributed by atoms with van der Waals surface area (Å²) in [4.78, 5) is 24.7. The molecular formula is C14H18N2O3. The van der Waals surface area contributed by atoms with Crippen molar-refractivity contribution in [1.29, 1.82) is 0 Å². The molecule has 1 aliphatic rings. The van der Waals surface area contributed by atoms with Crippen molar-refractivity contribution in [3.8, 4) is 0 Å². The molecular weight excluding hydrogens is 244 g/mol. The zero-order valence-corrected chi connectivity index (χ0v) is 11.1. The first-order chi connectivity index (χ1) is 9.00. The van der Waals surface area contributed by atoms with Gasteiger partial charge in [-0.25, -0.2) is 9.59 Å². The minimum Gasteiger partial charge on any atom is -0.480 e. The number of carbonyl (C=O) groups is 2. The maximum Gasteiger partial charge on any atom is 0.326 e. The van der Waals surface area contributed by atoms with E-state index in [2.05, 4.69) is 5.32 Å². The number of aliphatic carboxylic acids is 1. The van der Waals surface area contributed by atoms with Gasteiger partial charge in [0.2, 0.25) is 0 Å². The van der Waals surface area contributed by atoms with Crippen LogP contribution in [0.1, 0.15) is 24.0 Å². The van der Waals surface area contributed by atoms with Crippen LogP contribution < -0.4 is 5.32 Å². The van der Waals surface area contributed by atoms with E-state index in [4.69, 9.17) is 5.11 Å². The van der Waals surface area contributed by atoms with Crippen LogP contribution in [-0.4, -0.2) is 34.6 Å². The molecule has 0 bridgehead atoms. The van der Waals surface area contributed by atoms with Gasteiger partial charge in [-0.15, -0.1) is 0 Å². The normalized spacial score (nSPS) is 18.4. The zero-order chi connectivity index (χ0) is 14.0. The number of rotatable bonds is 2. The van der Waals surface area contributed by atoms with Crippen LogP contribution in [-0.2, 0) is 4.79 Å². The lowest BCUT2D eigenvalue weighted by Gasteiger charge is -2.23. The lowest BCUT2D eigenvalue weighted by Crippen LogP contribution is -2.43. The molecule has 2 amide bonds. The van der Waals surface area contributed by atoms with Gasteiger partial charge >= 0.3 is 12.0 Å². The van der Waals surface area contributed by atoms with E-state index >= 15 is 0 Å². The summed E-state index contributed by atoms with van der Waals surface area (Å²) in [7, 11) is 0. The Balaban J connectivity index is 2.15. The molecule has 0 aromatic heterocycles. The molecule has 1 aliphatic heterocycles. The second-order valence-corrected chi connectivity index (χ2v) is 4.89. The molecule has 0 aliphatic carbocycles. The predicted octanol–water partition coefficient (Wildman–Crippen LogP) is 2.38. The van der Waals surface area contributed by atoms with E-state index in [1.54, 1.807) is 0 Å². The third-order valence-corrected chi connectivity index (χ3v) is 3.51. The number of para-hydroxylation sites is 1. The molecule has 1 aromatic rings. The number of hydrogen-bond donors (Lipinski definition) is 2. The van der Waals surface area contributed by atoms with E-state index in [9.17, 15) is 9.59 Å². The van der Waals surface area contributed by atoms with Crippen LogP contribution in [0.3, 0.4) is 0 Å². The van der Waals surface area contributed by atoms with Crippen molar-refractivity contribution in [3.05, 3.63) is 29.3 Å². The Morgan fingerprint density at radius 2 is 1.95 bits per heavy atom. The summed E-state index contributed by atoms with van der Waals surface area (Å²) < 4.78 is 0. The van der Waals surface area contributed by atoms with Gasteiger partial charge in [-0.1, -0.05) is 18.2 Å². The minimum absolute atomic E-state index is 0.331. The number of carboxylic acid groups (broad SMARTS) is 1. The van der Waals surface area contributed by atoms with Gasteiger partial charge in [0, 0.05) is 12.2 Å². The number of likely N-dealkylation sites (tertiary alicyclic amines) is 1. The van der Waals surface area contributed by atoms with Crippen molar-refractivity contribution in [3.63, 3.8) is 0 Å². The van der Waals surface area contributed by atoms with E-state index in [1.807, 2.05) is 32.0 Å². The second-order valence-electron chi connectivity index (χ2n) is 4.89. The predicted molar refractivity (Wildman–Crippen MR) is 72.3 cm³/mol. The number of hydrogen-bond acceptors (Lipinski definition) is 2. The third kappa shape index (κ3) is 2.70. The van der Waals surface area contributed by atoms with Gasteiger partial charge in [-0.3, -0.25) is 0 Å². The number of aryl methyl sites for hydroxylation is 2. The van der Waals surface area contributed by atoms with E-state index in [0.717, 1.165) is 23.2 Å². The van der Waals surface area contributed by atoms with Gasteiger partial charge in [-0.05, 0) is 37.8 Å². The first kappa shape index (κ1) is 13.4. The number of nitrogens with zero attached hydrogens (tertiary/aromatic N) is 1. The van der Waals surface area contributed by atoms with E-state index in [0.29, 0.717) is 13.0 Å². The van der Waals surface area contributed by atoms with Crippen molar-refractivity contribution in [2.75, 3.05) is 11.9 Å². The van der Waals surface area contributed by atoms with Crippen molar-refractivity contribution < 1.29 is 14.7 Å². The van der Waals surface area contributed by atoms with Crippen LogP contribution >= 0.6 is 0 Å². The molecule has 19 heavy (non-hydrogen) atoms. The fourth-order valence-electron chi connectivity index (χ4n) is 2.46. The summed E-state index contributed by atoms with van der Waals surface area (Å²) in [6, 6.07) is 4.73. The number of benzene rings is 1. The second kappa shape index (κ2) is 5.30. The van der Waals surface area contributed by atoms with Crippen molar-refractivity contribution >= 4 is 17.7 Å². The third-order valence-electron chi connectivity index (χ3n) is 3.51. The number of carboxylic acids is 1. The molecule has 102 valence electrons. The first-order valence-corrected chi connectivity index (χ1v) is 6.37. The summed E-state index contributed by atoms with van der Waals surface area (Å²) in [5, 5.41) is 11.9. The highest BCUT2D eigenvalue weighted by atomic mass is 16.4. The Labute approximate surface area is 112 Å². The Hall–Kier alpha value is -2.04. The maximum absolute atomic E-state index is 12.2. The standard InChI is InChI=1S/C14H18N2O3/c1-9-5-3-6-10(2)12(9)15-14(19)16-8-4-7-11(16)13(17)18/h3,5-6,11H,4,7-8H2,1-2H3,(H,15,19)(H,17,18)/t11-/m1/s1. The highest BCUT2D eigenvalue weighted by Crippen LogP contribution is 2.23. The molecule has 0 saturated carbocycles. The molecule has 5 nitrogen and oxygen atoms in total. The number of amides is 2. The Morgan fingerprint density at radius 1 is 1.32 bits per heavy atom. The number of nitrogens with one attached hydrogen (secondary N) is 1. The van der Waals surface area contributed by atoms with E-state index < -0.39 is 12.0 Å². The lowest BCUT2D eigenvalue weighted by atomic mass is 10.1. The molecule has 1 atom stereocenters. The summed E-state index contributed by atoms with van der Waals surface area (Å²) in [6.07, 6.45) is 1.26. The molecule has 2 N–H and O–H groups in total. The molecule has 5 heteroatoms. The summed E-state index contributed by atoms with van der Waals surface area (Å²) >= 11 is 0. The average molecular weight is 262 g/mol. The van der Waals surface area contributed by atoms with Crippen LogP contribution in [0.2, 0.25) is 0 Å². The number of carbonyl (C=O) groups excluding carboxylic acids is 1. The minimum atomic E-state index is -0.936. The van der Waals surface area contributed by atoms with Gasteiger partial charge in [-0.2, -0.15) is 0 Å². The fourth-order valence-corrected chi connectivity index (χ4v) is 2.46. The van der Waals surface area contributed by atoms with Gasteiger partial charge in [0.05, 0.1) is 0 Å². The Bertz CT molecular complexity index is 493. The smallest absolute Gasteiger partial charge is 0.326 e. The van der Waals surface area contributed by atoms with E-state index in [-0.39, 0.29) is 6.03 Å². The van der Waals surface area contributed by atoms with Crippen molar-refractivity contribution in [2.45, 2.75) is 32.7 Å². The quantitative estimate of drug-likeness (QED) is 0.859. The zero-order valence-electron chi connectivity index (χ0n) is 11.1. The topological polar surface area (TPSA) is 69.6 Å². The monoisotopic (exact) mass is 262 g/mol. The average Bonchev–Trinajstić information content (AvgIpc) is 2.83. The lowest BCUT2D eigenvalue weighted by molar-refractivity contribution is -0.141. The number of urea groups is 1. The maximum atomic E-state index is 12.2. The Kier molecular flexibility index (Phi) is 3.74.